The molecule has 0 radical (unpaired) electrons. The molecule has 6 nitrogen and oxygen atoms in total. The molecule has 2 aliphatic carbocycles. The predicted molar refractivity (Wildman–Crippen MR) is 87.6 cm³/mol. The summed E-state index contributed by atoms with van der Waals surface area (Å²) >= 11 is 1.47. The molecule has 0 bridgehead atoms. The lowest BCUT2D eigenvalue weighted by atomic mass is 10.2. The van der Waals surface area contributed by atoms with Gasteiger partial charge in [-0.1, -0.05) is 23.5 Å². The minimum Gasteiger partial charge on any atom is -0.508 e. The Labute approximate surface area is 138 Å². The zero-order chi connectivity index (χ0) is 15.8. The third-order valence-electron chi connectivity index (χ3n) is 4.09. The van der Waals surface area contributed by atoms with Crippen molar-refractivity contribution < 1.29 is 9.90 Å². The summed E-state index contributed by atoms with van der Waals surface area (Å²) in [5.41, 5.74) is 0.919. The molecule has 2 saturated carbocycles. The SMILES string of the molecule is O=C(Nc1nnc(C2CC2)s1)N(Cc1cccc(O)c1)C1CC1. The van der Waals surface area contributed by atoms with Gasteiger partial charge in [0.05, 0.1) is 0 Å². The molecule has 0 atom stereocenters. The number of nitrogens with zero attached hydrogens (tertiary/aromatic N) is 3. The van der Waals surface area contributed by atoms with Crippen LogP contribution in [0.5, 0.6) is 5.75 Å². The average molecular weight is 330 g/mol. The minimum atomic E-state index is -0.144. The van der Waals surface area contributed by atoms with E-state index in [0.717, 1.165) is 23.4 Å². The van der Waals surface area contributed by atoms with E-state index >= 15 is 0 Å². The number of phenols is 1. The molecule has 2 aromatic rings. The Morgan fingerprint density at radius 2 is 2.13 bits per heavy atom. The lowest BCUT2D eigenvalue weighted by Gasteiger charge is -2.22. The van der Waals surface area contributed by atoms with Crippen LogP contribution < -0.4 is 5.32 Å². The van der Waals surface area contributed by atoms with Crippen molar-refractivity contribution >= 4 is 22.5 Å². The Morgan fingerprint density at radius 1 is 1.30 bits per heavy atom. The number of phenolic OH excluding ortho intramolecular Hbond substituents is 1. The zero-order valence-electron chi connectivity index (χ0n) is 12.6. The summed E-state index contributed by atoms with van der Waals surface area (Å²) in [6, 6.07) is 7.16. The second kappa shape index (κ2) is 5.81. The van der Waals surface area contributed by atoms with Crippen LogP contribution in [-0.4, -0.2) is 32.3 Å². The molecular weight excluding hydrogens is 312 g/mol. The molecule has 7 heteroatoms. The summed E-state index contributed by atoms with van der Waals surface area (Å²) in [6.07, 6.45) is 4.40. The van der Waals surface area contributed by atoms with Crippen LogP contribution in [0.2, 0.25) is 0 Å². The molecule has 0 saturated heterocycles. The maximum absolute atomic E-state index is 12.6. The molecule has 4 rings (SSSR count). The molecule has 2 aliphatic rings. The number of amides is 2. The van der Waals surface area contributed by atoms with Crippen molar-refractivity contribution in [3.63, 3.8) is 0 Å². The third kappa shape index (κ3) is 3.44. The van der Waals surface area contributed by atoms with Crippen LogP contribution in [0, 0.1) is 0 Å². The normalized spacial score (nSPS) is 17.0. The Balaban J connectivity index is 1.44. The lowest BCUT2D eigenvalue weighted by Crippen LogP contribution is -2.36. The number of aromatic hydroxyl groups is 1. The highest BCUT2D eigenvalue weighted by Crippen LogP contribution is 2.42. The van der Waals surface area contributed by atoms with Gasteiger partial charge in [-0.2, -0.15) is 0 Å². The van der Waals surface area contributed by atoms with Crippen LogP contribution in [0.15, 0.2) is 24.3 Å². The van der Waals surface area contributed by atoms with Crippen LogP contribution >= 0.6 is 11.3 Å². The maximum atomic E-state index is 12.6. The fraction of sp³-hybridized carbons (Fsp3) is 0.438. The number of urea groups is 1. The number of benzene rings is 1. The van der Waals surface area contributed by atoms with Gasteiger partial charge in [0.1, 0.15) is 10.8 Å². The Hall–Kier alpha value is -2.15. The van der Waals surface area contributed by atoms with Gasteiger partial charge in [0.2, 0.25) is 5.13 Å². The molecule has 0 spiro atoms. The lowest BCUT2D eigenvalue weighted by molar-refractivity contribution is 0.206. The van der Waals surface area contributed by atoms with Crippen LogP contribution in [0.25, 0.3) is 0 Å². The monoisotopic (exact) mass is 330 g/mol. The first-order valence-electron chi connectivity index (χ1n) is 7.88. The number of nitrogens with one attached hydrogen (secondary N) is 1. The molecule has 1 aromatic carbocycles. The van der Waals surface area contributed by atoms with Gasteiger partial charge in [-0.3, -0.25) is 5.32 Å². The molecular formula is C16H18N4O2S. The van der Waals surface area contributed by atoms with Crippen molar-refractivity contribution in [1.82, 2.24) is 15.1 Å². The number of hydrogen-bond donors (Lipinski definition) is 2. The van der Waals surface area contributed by atoms with Gasteiger partial charge in [0.15, 0.2) is 0 Å². The number of carbonyl (C=O) groups excluding carboxylic acids is 1. The molecule has 0 unspecified atom stereocenters. The largest absolute Gasteiger partial charge is 0.508 e. The summed E-state index contributed by atoms with van der Waals surface area (Å²) in [5.74, 6) is 0.766. The van der Waals surface area contributed by atoms with Gasteiger partial charge in [0, 0.05) is 18.5 Å². The number of rotatable bonds is 5. The van der Waals surface area contributed by atoms with Crippen LogP contribution in [0.1, 0.15) is 42.2 Å². The molecule has 2 fully saturated rings. The van der Waals surface area contributed by atoms with E-state index in [9.17, 15) is 9.90 Å². The minimum absolute atomic E-state index is 0.144. The highest BCUT2D eigenvalue weighted by atomic mass is 32.1. The topological polar surface area (TPSA) is 78.4 Å². The summed E-state index contributed by atoms with van der Waals surface area (Å²) in [6.45, 7) is 0.485. The van der Waals surface area contributed by atoms with Gasteiger partial charge in [0.25, 0.3) is 0 Å². The van der Waals surface area contributed by atoms with Gasteiger partial charge < -0.3 is 10.0 Å². The summed E-state index contributed by atoms with van der Waals surface area (Å²) in [4.78, 5) is 14.4. The summed E-state index contributed by atoms with van der Waals surface area (Å²) < 4.78 is 0. The fourth-order valence-electron chi connectivity index (χ4n) is 2.55. The van der Waals surface area contributed by atoms with Crippen molar-refractivity contribution in [2.45, 2.75) is 44.2 Å². The van der Waals surface area contributed by atoms with Crippen molar-refractivity contribution in [3.05, 3.63) is 34.8 Å². The Kier molecular flexibility index (Phi) is 3.65. The van der Waals surface area contributed by atoms with Crippen LogP contribution in [0.3, 0.4) is 0 Å². The van der Waals surface area contributed by atoms with Crippen LogP contribution in [0.4, 0.5) is 9.93 Å². The Bertz CT molecular complexity index is 724. The first kappa shape index (κ1) is 14.4. The average Bonchev–Trinajstić information content (AvgIpc) is 3.44. The molecule has 23 heavy (non-hydrogen) atoms. The second-order valence-electron chi connectivity index (χ2n) is 6.18. The van der Waals surface area contributed by atoms with Crippen molar-refractivity contribution in [3.8, 4) is 5.75 Å². The highest BCUT2D eigenvalue weighted by Gasteiger charge is 2.33. The van der Waals surface area contributed by atoms with Crippen molar-refractivity contribution in [2.75, 3.05) is 5.32 Å². The smallest absolute Gasteiger partial charge is 0.324 e. The van der Waals surface area contributed by atoms with Crippen LogP contribution in [-0.2, 0) is 6.54 Å². The fourth-order valence-corrected chi connectivity index (χ4v) is 3.45. The molecule has 120 valence electrons. The van der Waals surface area contributed by atoms with Crippen molar-refractivity contribution in [1.29, 1.82) is 0 Å². The third-order valence-corrected chi connectivity index (χ3v) is 5.09. The highest BCUT2D eigenvalue weighted by molar-refractivity contribution is 7.15. The zero-order valence-corrected chi connectivity index (χ0v) is 13.4. The van der Waals surface area contributed by atoms with Crippen molar-refractivity contribution in [2.24, 2.45) is 0 Å². The Morgan fingerprint density at radius 3 is 2.83 bits per heavy atom. The number of hydrogen-bond acceptors (Lipinski definition) is 5. The molecule has 2 amide bonds. The van der Waals surface area contributed by atoms with E-state index in [2.05, 4.69) is 15.5 Å². The summed E-state index contributed by atoms with van der Waals surface area (Å²) in [5, 5.41) is 22.3. The van der Waals surface area contributed by atoms with Gasteiger partial charge >= 0.3 is 6.03 Å². The predicted octanol–water partition coefficient (Wildman–Crippen LogP) is 3.32. The van der Waals surface area contributed by atoms with Gasteiger partial charge in [-0.05, 0) is 43.4 Å². The van der Waals surface area contributed by atoms with E-state index in [4.69, 9.17) is 0 Å². The van der Waals surface area contributed by atoms with E-state index in [-0.39, 0.29) is 17.8 Å². The second-order valence-corrected chi connectivity index (χ2v) is 7.19. The first-order chi connectivity index (χ1) is 11.2. The molecule has 1 aromatic heterocycles. The van der Waals surface area contributed by atoms with Gasteiger partial charge in [-0.15, -0.1) is 10.2 Å². The number of aromatic nitrogens is 2. The summed E-state index contributed by atoms with van der Waals surface area (Å²) in [7, 11) is 0. The van der Waals surface area contributed by atoms with Gasteiger partial charge in [-0.25, -0.2) is 4.79 Å². The molecule has 0 aliphatic heterocycles. The molecule has 1 heterocycles. The van der Waals surface area contributed by atoms with E-state index in [1.165, 1.54) is 24.2 Å². The number of carbonyl (C=O) groups is 1. The quantitative estimate of drug-likeness (QED) is 0.881. The first-order valence-corrected chi connectivity index (χ1v) is 8.69. The maximum Gasteiger partial charge on any atom is 0.324 e. The standard InChI is InChI=1S/C16H18N4O2S/c21-13-3-1-2-10(8-13)9-20(12-6-7-12)16(22)17-15-19-18-14(23-15)11-4-5-11/h1-3,8,11-12,21H,4-7,9H2,(H,17,19,22). The van der Waals surface area contributed by atoms with E-state index in [0.29, 0.717) is 17.6 Å². The molecule has 2 N–H and O–H groups in total. The van der Waals surface area contributed by atoms with E-state index in [1.807, 2.05) is 11.0 Å². The van der Waals surface area contributed by atoms with E-state index in [1.54, 1.807) is 18.2 Å². The van der Waals surface area contributed by atoms with E-state index < -0.39 is 0 Å². The number of anilines is 1.